The van der Waals surface area contributed by atoms with Gasteiger partial charge in [0.05, 0.1) is 17.9 Å². The fraction of sp³-hybridized carbons (Fsp3) is 0.182. The Morgan fingerprint density at radius 3 is 2.52 bits per heavy atom. The minimum absolute atomic E-state index is 0.0377. The molecule has 138 valence electrons. The molecule has 2 aromatic carbocycles. The number of pyridine rings is 1. The predicted octanol–water partition coefficient (Wildman–Crippen LogP) is 3.96. The quantitative estimate of drug-likeness (QED) is 0.691. The molecule has 0 bridgehead atoms. The third-order valence-electron chi connectivity index (χ3n) is 4.22. The largest absolute Gasteiger partial charge is 0.506 e. The highest BCUT2D eigenvalue weighted by Crippen LogP contribution is 2.28. The number of ether oxygens (including phenoxy) is 1. The van der Waals surface area contributed by atoms with E-state index in [1.54, 1.807) is 30.5 Å². The molecule has 1 N–H and O–H groups in total. The highest BCUT2D eigenvalue weighted by molar-refractivity contribution is 5.95. The molecule has 0 aliphatic carbocycles. The molecule has 0 atom stereocenters. The Balaban J connectivity index is 1.81. The Labute approximate surface area is 158 Å². The third-order valence-corrected chi connectivity index (χ3v) is 4.22. The lowest BCUT2D eigenvalue weighted by Gasteiger charge is -2.23. The molecular formula is C22H22N2O3. The van der Waals surface area contributed by atoms with E-state index in [1.807, 2.05) is 49.4 Å². The van der Waals surface area contributed by atoms with Crippen molar-refractivity contribution in [1.82, 2.24) is 4.98 Å². The van der Waals surface area contributed by atoms with Gasteiger partial charge in [0.15, 0.2) is 6.61 Å². The molecule has 1 amide bonds. The average Bonchev–Trinajstić information content (AvgIpc) is 2.72. The van der Waals surface area contributed by atoms with Crippen molar-refractivity contribution in [1.29, 1.82) is 0 Å². The maximum absolute atomic E-state index is 12.9. The molecule has 0 unspecified atom stereocenters. The summed E-state index contributed by atoms with van der Waals surface area (Å²) in [4.78, 5) is 18.7. The molecule has 0 saturated heterocycles. The van der Waals surface area contributed by atoms with E-state index in [1.165, 1.54) is 4.90 Å². The normalized spacial score (nSPS) is 10.4. The maximum atomic E-state index is 12.9. The summed E-state index contributed by atoms with van der Waals surface area (Å²) in [5, 5.41) is 10.2. The third kappa shape index (κ3) is 4.64. The summed E-state index contributed by atoms with van der Waals surface area (Å²) in [6.07, 6.45) is 2.50. The number of anilines is 1. The maximum Gasteiger partial charge on any atom is 0.265 e. The van der Waals surface area contributed by atoms with Crippen molar-refractivity contribution in [2.45, 2.75) is 19.9 Å². The number of phenolic OH excluding ortho intramolecular Hbond substituents is 1. The van der Waals surface area contributed by atoms with E-state index in [4.69, 9.17) is 4.74 Å². The fourth-order valence-corrected chi connectivity index (χ4v) is 2.81. The van der Waals surface area contributed by atoms with Crippen molar-refractivity contribution >= 4 is 11.6 Å². The van der Waals surface area contributed by atoms with Gasteiger partial charge in [0, 0.05) is 6.20 Å². The minimum Gasteiger partial charge on any atom is -0.506 e. The first-order valence-corrected chi connectivity index (χ1v) is 8.88. The summed E-state index contributed by atoms with van der Waals surface area (Å²) in [5.74, 6) is 0.479. The van der Waals surface area contributed by atoms with Gasteiger partial charge in [-0.1, -0.05) is 43.3 Å². The number of amides is 1. The van der Waals surface area contributed by atoms with E-state index >= 15 is 0 Å². The highest BCUT2D eigenvalue weighted by Gasteiger charge is 2.20. The Morgan fingerprint density at radius 2 is 1.78 bits per heavy atom. The summed E-state index contributed by atoms with van der Waals surface area (Å²) in [7, 11) is 0. The van der Waals surface area contributed by atoms with Gasteiger partial charge in [0.1, 0.15) is 11.5 Å². The van der Waals surface area contributed by atoms with Gasteiger partial charge in [0.2, 0.25) is 0 Å². The lowest BCUT2D eigenvalue weighted by atomic mass is 10.1. The van der Waals surface area contributed by atoms with Gasteiger partial charge in [-0.15, -0.1) is 0 Å². The lowest BCUT2D eigenvalue weighted by Crippen LogP contribution is -2.35. The zero-order valence-electron chi connectivity index (χ0n) is 15.2. The van der Waals surface area contributed by atoms with Crippen LogP contribution in [0, 0.1) is 0 Å². The molecule has 0 aliphatic heterocycles. The average molecular weight is 362 g/mol. The van der Waals surface area contributed by atoms with Crippen LogP contribution in [0.25, 0.3) is 0 Å². The van der Waals surface area contributed by atoms with E-state index in [-0.39, 0.29) is 24.8 Å². The number of carbonyl (C=O) groups excluding carboxylic acids is 1. The standard InChI is InChI=1S/C22H22N2O3/c1-2-17-9-3-6-13-21(17)27-16-22(26)24(15-18-10-7-8-14-23-18)19-11-4-5-12-20(19)25/h3-14,25H,2,15-16H2,1H3. The fourth-order valence-electron chi connectivity index (χ4n) is 2.81. The highest BCUT2D eigenvalue weighted by atomic mass is 16.5. The van der Waals surface area contributed by atoms with Gasteiger partial charge in [-0.05, 0) is 42.3 Å². The molecule has 0 fully saturated rings. The molecule has 0 aliphatic rings. The van der Waals surface area contributed by atoms with Gasteiger partial charge in [-0.2, -0.15) is 0 Å². The Kier molecular flexibility index (Phi) is 6.05. The Bertz CT molecular complexity index is 897. The van der Waals surface area contributed by atoms with Gasteiger partial charge in [-0.3, -0.25) is 14.7 Å². The van der Waals surface area contributed by atoms with Crippen LogP contribution < -0.4 is 9.64 Å². The number of hydrogen-bond donors (Lipinski definition) is 1. The van der Waals surface area contributed by atoms with Crippen molar-refractivity contribution in [3.05, 3.63) is 84.2 Å². The number of hydrogen-bond acceptors (Lipinski definition) is 4. The Morgan fingerprint density at radius 1 is 1.04 bits per heavy atom. The van der Waals surface area contributed by atoms with Crippen LogP contribution >= 0.6 is 0 Å². The minimum atomic E-state index is -0.256. The van der Waals surface area contributed by atoms with Crippen LogP contribution in [-0.2, 0) is 17.8 Å². The number of benzene rings is 2. The van der Waals surface area contributed by atoms with E-state index in [0.29, 0.717) is 11.4 Å². The second-order valence-corrected chi connectivity index (χ2v) is 6.04. The van der Waals surface area contributed by atoms with E-state index in [2.05, 4.69) is 4.98 Å². The first kappa shape index (κ1) is 18.5. The van der Waals surface area contributed by atoms with Gasteiger partial charge in [-0.25, -0.2) is 0 Å². The van der Waals surface area contributed by atoms with E-state index in [9.17, 15) is 9.90 Å². The number of phenols is 1. The number of aryl methyl sites for hydroxylation is 1. The van der Waals surface area contributed by atoms with E-state index < -0.39 is 0 Å². The first-order chi connectivity index (χ1) is 13.2. The molecule has 1 aromatic heterocycles. The molecule has 1 heterocycles. The van der Waals surface area contributed by atoms with Crippen LogP contribution in [0.1, 0.15) is 18.2 Å². The second-order valence-electron chi connectivity index (χ2n) is 6.04. The number of para-hydroxylation sites is 3. The molecule has 5 heteroatoms. The number of carbonyl (C=O) groups is 1. The van der Waals surface area contributed by atoms with Crippen molar-refractivity contribution in [2.24, 2.45) is 0 Å². The molecule has 3 aromatic rings. The second kappa shape index (κ2) is 8.85. The van der Waals surface area contributed by atoms with Crippen molar-refractivity contribution in [3.8, 4) is 11.5 Å². The number of aromatic hydroxyl groups is 1. The van der Waals surface area contributed by atoms with Crippen LogP contribution in [0.2, 0.25) is 0 Å². The topological polar surface area (TPSA) is 62.7 Å². The molecule has 27 heavy (non-hydrogen) atoms. The summed E-state index contributed by atoms with van der Waals surface area (Å²) >= 11 is 0. The van der Waals surface area contributed by atoms with Crippen LogP contribution in [0.5, 0.6) is 11.5 Å². The van der Waals surface area contributed by atoms with Gasteiger partial charge in [0.25, 0.3) is 5.91 Å². The molecule has 0 radical (unpaired) electrons. The van der Waals surface area contributed by atoms with Gasteiger partial charge >= 0.3 is 0 Å². The van der Waals surface area contributed by atoms with Crippen LogP contribution in [0.4, 0.5) is 5.69 Å². The number of aromatic nitrogens is 1. The van der Waals surface area contributed by atoms with E-state index in [0.717, 1.165) is 17.7 Å². The number of nitrogens with zero attached hydrogens (tertiary/aromatic N) is 2. The lowest BCUT2D eigenvalue weighted by molar-refractivity contribution is -0.120. The van der Waals surface area contributed by atoms with Crippen molar-refractivity contribution in [3.63, 3.8) is 0 Å². The smallest absolute Gasteiger partial charge is 0.265 e. The monoisotopic (exact) mass is 362 g/mol. The summed E-state index contributed by atoms with van der Waals surface area (Å²) in [5.41, 5.74) is 2.20. The molecule has 5 nitrogen and oxygen atoms in total. The zero-order valence-corrected chi connectivity index (χ0v) is 15.2. The summed E-state index contributed by atoms with van der Waals surface area (Å²) < 4.78 is 5.78. The zero-order chi connectivity index (χ0) is 19.1. The van der Waals surface area contributed by atoms with Crippen LogP contribution in [0.15, 0.2) is 72.9 Å². The van der Waals surface area contributed by atoms with Crippen LogP contribution in [-0.4, -0.2) is 22.6 Å². The van der Waals surface area contributed by atoms with Crippen molar-refractivity contribution in [2.75, 3.05) is 11.5 Å². The SMILES string of the molecule is CCc1ccccc1OCC(=O)N(Cc1ccccn1)c1ccccc1O. The van der Waals surface area contributed by atoms with Gasteiger partial charge < -0.3 is 9.84 Å². The van der Waals surface area contributed by atoms with Crippen molar-refractivity contribution < 1.29 is 14.6 Å². The molecule has 0 spiro atoms. The molecular weight excluding hydrogens is 340 g/mol. The molecule has 0 saturated carbocycles. The Hall–Kier alpha value is -3.34. The predicted molar refractivity (Wildman–Crippen MR) is 105 cm³/mol. The number of rotatable bonds is 7. The molecule has 3 rings (SSSR count). The van der Waals surface area contributed by atoms with Crippen LogP contribution in [0.3, 0.4) is 0 Å². The first-order valence-electron chi connectivity index (χ1n) is 8.88. The summed E-state index contributed by atoms with van der Waals surface area (Å²) in [6, 6.07) is 20.0. The summed E-state index contributed by atoms with van der Waals surface area (Å²) in [6.45, 7) is 2.16.